The van der Waals surface area contributed by atoms with E-state index in [1.54, 1.807) is 43.5 Å². The van der Waals surface area contributed by atoms with Gasteiger partial charge in [-0.05, 0) is 53.6 Å². The maximum Gasteiger partial charge on any atom is 0.337 e. The van der Waals surface area contributed by atoms with E-state index < -0.39 is 18.3 Å². The van der Waals surface area contributed by atoms with Crippen LogP contribution in [0.15, 0.2) is 85.2 Å². The number of nitrogens with zero attached hydrogens (tertiary/aromatic N) is 6. The third kappa shape index (κ3) is 7.14. The number of imidazole rings is 1. The Morgan fingerprint density at radius 1 is 0.980 bits per heavy atom. The number of hydrogen-bond donors (Lipinski definition) is 0. The summed E-state index contributed by atoms with van der Waals surface area (Å²) in [6, 6.07) is 21.9. The van der Waals surface area contributed by atoms with E-state index in [0.29, 0.717) is 63.5 Å². The fourth-order valence-electron chi connectivity index (χ4n) is 5.44. The molecule has 13 heteroatoms. The molecule has 248 valence electrons. The van der Waals surface area contributed by atoms with E-state index in [2.05, 4.69) is 10.1 Å². The minimum absolute atomic E-state index is 0.101. The number of halogens is 3. The van der Waals surface area contributed by atoms with E-state index in [1.807, 2.05) is 28.8 Å². The Balaban J connectivity index is 1.36. The average Bonchev–Trinajstić information content (AvgIpc) is 3.75. The van der Waals surface area contributed by atoms with Crippen molar-refractivity contribution in [3.8, 4) is 34.3 Å². The highest BCUT2D eigenvalue weighted by molar-refractivity contribution is 5.93. The number of rotatable bonds is 12. The molecule has 0 fully saturated rings. The quantitative estimate of drug-likeness (QED) is 0.129. The number of carbonyl (C=O) groups excluding carboxylic acids is 1. The van der Waals surface area contributed by atoms with Crippen molar-refractivity contribution in [2.45, 2.75) is 26.1 Å². The maximum atomic E-state index is 14.4. The lowest BCUT2D eigenvalue weighted by atomic mass is 9.96. The van der Waals surface area contributed by atoms with Crippen molar-refractivity contribution < 1.29 is 32.2 Å². The third-order valence-corrected chi connectivity index (χ3v) is 7.92. The molecule has 0 atom stereocenters. The summed E-state index contributed by atoms with van der Waals surface area (Å²) < 4.78 is 60.1. The van der Waals surface area contributed by atoms with Gasteiger partial charge < -0.3 is 18.8 Å². The monoisotopic (exact) mass is 666 g/mol. The first-order valence-corrected chi connectivity index (χ1v) is 15.1. The number of methoxy groups -OCH3 is 2. The van der Waals surface area contributed by atoms with Crippen molar-refractivity contribution >= 4 is 17.0 Å². The Morgan fingerprint density at radius 2 is 1.82 bits per heavy atom. The molecule has 0 saturated carbocycles. The van der Waals surface area contributed by atoms with Crippen LogP contribution in [0.4, 0.5) is 13.2 Å². The lowest BCUT2D eigenvalue weighted by Gasteiger charge is -2.14. The first-order valence-electron chi connectivity index (χ1n) is 15.1. The zero-order chi connectivity index (χ0) is 34.5. The standard InChI is InChI=1S/C36H29F3N6O4/c1-47-13-12-44-32-16-25(35(46)48-2)10-11-31(32)42-33(44)17-23-8-9-24(15-28(23)27-19-41-45(20-27)36(38)39)30-4-3-5-34(43-30)49-21-26-7-6-22(18-40)14-29(26)37/h3-11,14-16,19-20,36H,12-13,17,21H2,1-2H3. The second-order valence-corrected chi connectivity index (χ2v) is 11.0. The molecular formula is C36H29F3N6O4. The fraction of sp³-hybridized carbons (Fsp3) is 0.194. The second-order valence-electron chi connectivity index (χ2n) is 11.0. The van der Waals surface area contributed by atoms with E-state index in [4.69, 9.17) is 24.5 Å². The van der Waals surface area contributed by atoms with E-state index in [-0.39, 0.29) is 23.6 Å². The van der Waals surface area contributed by atoms with E-state index in [0.717, 1.165) is 17.1 Å². The molecule has 0 spiro atoms. The van der Waals surface area contributed by atoms with E-state index in [9.17, 15) is 18.0 Å². The minimum Gasteiger partial charge on any atom is -0.473 e. The van der Waals surface area contributed by atoms with Gasteiger partial charge in [-0.3, -0.25) is 0 Å². The van der Waals surface area contributed by atoms with Crippen LogP contribution in [0.5, 0.6) is 5.88 Å². The summed E-state index contributed by atoms with van der Waals surface area (Å²) in [5.74, 6) is -0.107. The van der Waals surface area contributed by atoms with Crippen molar-refractivity contribution in [2.75, 3.05) is 20.8 Å². The molecular weight excluding hydrogens is 637 g/mol. The highest BCUT2D eigenvalue weighted by atomic mass is 19.3. The summed E-state index contributed by atoms with van der Waals surface area (Å²) in [5, 5.41) is 12.9. The van der Waals surface area contributed by atoms with Gasteiger partial charge in [0.05, 0.1) is 53.8 Å². The Labute approximate surface area is 278 Å². The normalized spacial score (nSPS) is 11.2. The summed E-state index contributed by atoms with van der Waals surface area (Å²) in [5.41, 5.74) is 5.35. The number of hydrogen-bond acceptors (Lipinski definition) is 8. The van der Waals surface area contributed by atoms with Crippen LogP contribution < -0.4 is 4.74 Å². The van der Waals surface area contributed by atoms with Gasteiger partial charge in [-0.15, -0.1) is 0 Å². The first-order chi connectivity index (χ1) is 23.8. The summed E-state index contributed by atoms with van der Waals surface area (Å²) in [7, 11) is 2.91. The van der Waals surface area contributed by atoms with Gasteiger partial charge >= 0.3 is 12.5 Å². The number of pyridine rings is 1. The Bertz CT molecular complexity index is 2190. The van der Waals surface area contributed by atoms with Crippen molar-refractivity contribution in [3.05, 3.63) is 119 Å². The molecule has 0 saturated heterocycles. The van der Waals surface area contributed by atoms with Crippen LogP contribution in [0.2, 0.25) is 0 Å². The highest BCUT2D eigenvalue weighted by Gasteiger charge is 2.19. The predicted octanol–water partition coefficient (Wildman–Crippen LogP) is 6.97. The molecule has 6 rings (SSSR count). The Hall–Kier alpha value is -6.00. The van der Waals surface area contributed by atoms with Gasteiger partial charge in [-0.25, -0.2) is 23.8 Å². The molecule has 0 aliphatic heterocycles. The van der Waals surface area contributed by atoms with Gasteiger partial charge in [0.1, 0.15) is 18.2 Å². The number of esters is 1. The average molecular weight is 667 g/mol. The van der Waals surface area contributed by atoms with Crippen LogP contribution in [0.3, 0.4) is 0 Å². The molecule has 0 amide bonds. The molecule has 0 radical (unpaired) electrons. The number of aromatic nitrogens is 5. The molecule has 3 aromatic carbocycles. The van der Waals surface area contributed by atoms with E-state index >= 15 is 0 Å². The molecule has 3 heterocycles. The summed E-state index contributed by atoms with van der Waals surface area (Å²) >= 11 is 0. The molecule has 3 aromatic heterocycles. The third-order valence-electron chi connectivity index (χ3n) is 7.92. The van der Waals surface area contributed by atoms with Crippen molar-refractivity contribution in [2.24, 2.45) is 0 Å². The number of ether oxygens (including phenoxy) is 3. The summed E-state index contributed by atoms with van der Waals surface area (Å²) in [6.45, 7) is -2.09. The fourth-order valence-corrected chi connectivity index (χ4v) is 5.44. The number of nitriles is 1. The largest absolute Gasteiger partial charge is 0.473 e. The zero-order valence-electron chi connectivity index (χ0n) is 26.4. The summed E-state index contributed by atoms with van der Waals surface area (Å²) in [6.07, 6.45) is 2.97. The molecule has 0 aliphatic rings. The number of carbonyl (C=O) groups is 1. The SMILES string of the molecule is COCCn1c(Cc2ccc(-c3cccc(OCc4ccc(C#N)cc4F)n3)cc2-c2cnn(C(F)F)c2)nc2ccc(C(=O)OC)cc21. The maximum absolute atomic E-state index is 14.4. The van der Waals surface area contributed by atoms with Gasteiger partial charge in [0, 0.05) is 49.0 Å². The van der Waals surface area contributed by atoms with Gasteiger partial charge in [-0.2, -0.15) is 19.1 Å². The Morgan fingerprint density at radius 3 is 2.55 bits per heavy atom. The van der Waals surface area contributed by atoms with Crippen molar-refractivity contribution in [3.63, 3.8) is 0 Å². The number of fused-ring (bicyclic) bond motifs is 1. The first kappa shape index (κ1) is 32.9. The van der Waals surface area contributed by atoms with Crippen LogP contribution >= 0.6 is 0 Å². The molecule has 0 N–H and O–H groups in total. The van der Waals surface area contributed by atoms with Gasteiger partial charge in [0.25, 0.3) is 0 Å². The van der Waals surface area contributed by atoms with Crippen LogP contribution in [0.1, 0.15) is 39.4 Å². The van der Waals surface area contributed by atoms with Crippen LogP contribution in [-0.4, -0.2) is 51.1 Å². The van der Waals surface area contributed by atoms with Gasteiger partial charge in [0.15, 0.2) is 0 Å². The van der Waals surface area contributed by atoms with Crippen LogP contribution in [-0.2, 0) is 29.0 Å². The summed E-state index contributed by atoms with van der Waals surface area (Å²) in [4.78, 5) is 21.7. The lowest BCUT2D eigenvalue weighted by Crippen LogP contribution is -2.10. The number of benzene rings is 3. The van der Waals surface area contributed by atoms with Crippen LogP contribution in [0, 0.1) is 17.1 Å². The molecule has 6 aromatic rings. The second kappa shape index (κ2) is 14.4. The topological polar surface area (TPSA) is 117 Å². The molecule has 49 heavy (non-hydrogen) atoms. The molecule has 10 nitrogen and oxygen atoms in total. The highest BCUT2D eigenvalue weighted by Crippen LogP contribution is 2.32. The molecule has 0 unspecified atom stereocenters. The smallest absolute Gasteiger partial charge is 0.337 e. The molecule has 0 aliphatic carbocycles. The minimum atomic E-state index is -2.82. The van der Waals surface area contributed by atoms with Crippen LogP contribution in [0.25, 0.3) is 33.4 Å². The van der Waals surface area contributed by atoms with Crippen molar-refractivity contribution in [1.82, 2.24) is 24.3 Å². The lowest BCUT2D eigenvalue weighted by molar-refractivity contribution is 0.0565. The predicted molar refractivity (Wildman–Crippen MR) is 173 cm³/mol. The van der Waals surface area contributed by atoms with Gasteiger partial charge in [0.2, 0.25) is 5.88 Å². The van der Waals surface area contributed by atoms with Crippen molar-refractivity contribution in [1.29, 1.82) is 5.26 Å². The number of alkyl halides is 2. The molecule has 0 bridgehead atoms. The van der Waals surface area contributed by atoms with Gasteiger partial charge in [-0.1, -0.05) is 24.3 Å². The Kier molecular flexibility index (Phi) is 9.68. The van der Waals surface area contributed by atoms with E-state index in [1.165, 1.54) is 31.6 Å². The zero-order valence-corrected chi connectivity index (χ0v) is 26.4.